The minimum Gasteiger partial charge on any atom is -0.322 e. The molecule has 2 heterocycles. The molecule has 2 amide bonds. The number of carbonyl (C=O) groups excluding carboxylic acids is 2. The van der Waals surface area contributed by atoms with Gasteiger partial charge in [0.2, 0.25) is 17.4 Å². The topological polar surface area (TPSA) is 70.2 Å². The van der Waals surface area contributed by atoms with Gasteiger partial charge >= 0.3 is 0 Å². The number of benzene rings is 1. The molecular formula is C20H18N2O3. The zero-order chi connectivity index (χ0) is 17.0. The third-order valence-electron chi connectivity index (χ3n) is 7.15. The molecule has 0 spiro atoms. The van der Waals surface area contributed by atoms with E-state index in [1.807, 2.05) is 19.1 Å². The Morgan fingerprint density at radius 3 is 2.24 bits per heavy atom. The molecule has 1 aliphatic heterocycles. The summed E-state index contributed by atoms with van der Waals surface area (Å²) in [4.78, 5) is 42.1. The number of fused-ring (bicyclic) bond motifs is 9. The fraction of sp³-hybridized carbons (Fsp3) is 0.450. The first kappa shape index (κ1) is 13.8. The maximum Gasteiger partial charge on any atom is 0.248 e. The van der Waals surface area contributed by atoms with Gasteiger partial charge in [0.1, 0.15) is 0 Å². The molecule has 1 N–H and O–H groups in total. The molecule has 4 aliphatic rings. The van der Waals surface area contributed by atoms with Crippen LogP contribution in [0.5, 0.6) is 0 Å². The molecule has 5 nitrogen and oxygen atoms in total. The fourth-order valence-corrected chi connectivity index (χ4v) is 6.14. The molecule has 1 saturated heterocycles. The van der Waals surface area contributed by atoms with Crippen LogP contribution in [-0.2, 0) is 9.59 Å². The number of nitrogens with zero attached hydrogens (tertiary/aromatic N) is 1. The average Bonchev–Trinajstić information content (AvgIpc) is 3.08. The van der Waals surface area contributed by atoms with Crippen LogP contribution in [0.3, 0.4) is 0 Å². The lowest BCUT2D eigenvalue weighted by Gasteiger charge is -2.18. The predicted molar refractivity (Wildman–Crippen MR) is 92.0 cm³/mol. The number of pyridine rings is 1. The summed E-state index contributed by atoms with van der Waals surface area (Å²) in [5.74, 6) is 1.97. The van der Waals surface area contributed by atoms with Crippen LogP contribution in [0.2, 0.25) is 0 Å². The van der Waals surface area contributed by atoms with Crippen molar-refractivity contribution in [2.75, 3.05) is 4.90 Å². The summed E-state index contributed by atoms with van der Waals surface area (Å²) in [6.07, 6.45) is 2.29. The maximum atomic E-state index is 13.1. The quantitative estimate of drug-likeness (QED) is 0.813. The standard InChI is InChI=1S/C20H18N2O3/c1-8-4-16(23)21-15-5-9(2-3-10(8)15)22-19(24)17-13-7-14(12-6-11(12)13)18(17)20(22)25/h2-5,11-14,17-18H,6-7H2,1H3,(H,21,23)/t11-,12+,13-,14+,17+,18-. The number of imide groups is 1. The number of anilines is 1. The van der Waals surface area contributed by atoms with Gasteiger partial charge in [0.25, 0.3) is 0 Å². The van der Waals surface area contributed by atoms with Crippen molar-refractivity contribution >= 4 is 28.4 Å². The van der Waals surface area contributed by atoms with Gasteiger partial charge in [-0.15, -0.1) is 0 Å². The van der Waals surface area contributed by atoms with Gasteiger partial charge < -0.3 is 4.98 Å². The number of nitrogens with one attached hydrogen (secondary N) is 1. The first-order valence-electron chi connectivity index (χ1n) is 9.06. The second kappa shape index (κ2) is 4.21. The van der Waals surface area contributed by atoms with Crippen molar-refractivity contribution in [3.8, 4) is 0 Å². The SMILES string of the molecule is Cc1cc(=O)[nH]c2cc(N3C(=O)[C@@H]4[C@H]5C[C@H]([C@@H]6C[C@@H]65)[C@@H]4C3=O)ccc12. The van der Waals surface area contributed by atoms with Gasteiger partial charge in [-0.2, -0.15) is 0 Å². The highest BCUT2D eigenvalue weighted by molar-refractivity contribution is 6.23. The van der Waals surface area contributed by atoms with E-state index in [1.54, 1.807) is 12.1 Å². The van der Waals surface area contributed by atoms with E-state index in [9.17, 15) is 14.4 Å². The van der Waals surface area contributed by atoms with E-state index in [0.29, 0.717) is 34.9 Å². The Morgan fingerprint density at radius 1 is 0.920 bits per heavy atom. The Bertz CT molecular complexity index is 1010. The lowest BCUT2D eigenvalue weighted by atomic mass is 9.81. The summed E-state index contributed by atoms with van der Waals surface area (Å²) in [6.45, 7) is 1.89. The first-order valence-corrected chi connectivity index (χ1v) is 9.06. The van der Waals surface area contributed by atoms with E-state index in [0.717, 1.165) is 17.4 Å². The van der Waals surface area contributed by atoms with Crippen molar-refractivity contribution in [2.24, 2.45) is 35.5 Å². The molecule has 2 bridgehead atoms. The molecule has 4 fully saturated rings. The lowest BCUT2D eigenvalue weighted by Crippen LogP contribution is -2.33. The van der Waals surface area contributed by atoms with Crippen molar-refractivity contribution < 1.29 is 9.59 Å². The number of hydrogen-bond donors (Lipinski definition) is 1. The molecule has 1 aromatic heterocycles. The van der Waals surface area contributed by atoms with Gasteiger partial charge in [-0.25, -0.2) is 4.90 Å². The van der Waals surface area contributed by atoms with Crippen molar-refractivity contribution in [2.45, 2.75) is 19.8 Å². The van der Waals surface area contributed by atoms with Crippen LogP contribution in [0.1, 0.15) is 18.4 Å². The zero-order valence-electron chi connectivity index (χ0n) is 13.9. The number of aromatic amines is 1. The van der Waals surface area contributed by atoms with Crippen molar-refractivity contribution in [1.82, 2.24) is 4.98 Å². The van der Waals surface area contributed by atoms with Gasteiger partial charge in [0, 0.05) is 11.5 Å². The molecular weight excluding hydrogens is 316 g/mol. The van der Waals surface area contributed by atoms with Crippen molar-refractivity contribution in [3.63, 3.8) is 0 Å². The Kier molecular flexibility index (Phi) is 2.33. The van der Waals surface area contributed by atoms with E-state index in [1.165, 1.54) is 11.3 Å². The number of aryl methyl sites for hydroxylation is 1. The Balaban J connectivity index is 1.46. The monoisotopic (exact) mass is 334 g/mol. The number of rotatable bonds is 1. The molecule has 3 saturated carbocycles. The van der Waals surface area contributed by atoms with Gasteiger partial charge in [-0.3, -0.25) is 14.4 Å². The molecule has 25 heavy (non-hydrogen) atoms. The average molecular weight is 334 g/mol. The zero-order valence-corrected chi connectivity index (χ0v) is 13.9. The lowest BCUT2D eigenvalue weighted by molar-refractivity contribution is -0.123. The normalized spacial score (nSPS) is 37.7. The van der Waals surface area contributed by atoms with Crippen LogP contribution in [0.15, 0.2) is 29.1 Å². The summed E-state index contributed by atoms with van der Waals surface area (Å²) >= 11 is 0. The second-order valence-corrected chi connectivity index (χ2v) is 8.24. The van der Waals surface area contributed by atoms with E-state index in [-0.39, 0.29) is 29.2 Å². The van der Waals surface area contributed by atoms with Gasteiger partial charge in [-0.1, -0.05) is 6.07 Å². The summed E-state index contributed by atoms with van der Waals surface area (Å²) in [7, 11) is 0. The van der Waals surface area contributed by atoms with E-state index >= 15 is 0 Å². The van der Waals surface area contributed by atoms with Gasteiger partial charge in [0.05, 0.1) is 23.0 Å². The minimum absolute atomic E-state index is 0.0257. The fourth-order valence-electron chi connectivity index (χ4n) is 6.14. The van der Waals surface area contributed by atoms with E-state index < -0.39 is 0 Å². The number of carbonyl (C=O) groups is 2. The second-order valence-electron chi connectivity index (χ2n) is 8.24. The Hall–Kier alpha value is -2.43. The highest BCUT2D eigenvalue weighted by Crippen LogP contribution is 2.71. The molecule has 2 aromatic rings. The van der Waals surface area contributed by atoms with Gasteiger partial charge in [-0.05, 0) is 61.1 Å². The van der Waals surface area contributed by atoms with Crippen molar-refractivity contribution in [1.29, 1.82) is 0 Å². The Morgan fingerprint density at radius 2 is 1.56 bits per heavy atom. The Labute approximate surface area is 144 Å². The van der Waals surface area contributed by atoms with Crippen LogP contribution in [0.4, 0.5) is 5.69 Å². The number of H-pyrrole nitrogens is 1. The molecule has 6 atom stereocenters. The molecule has 3 aliphatic carbocycles. The predicted octanol–water partition coefficient (Wildman–Crippen LogP) is 2.23. The van der Waals surface area contributed by atoms with Crippen molar-refractivity contribution in [3.05, 3.63) is 40.2 Å². The molecule has 0 radical (unpaired) electrons. The van der Waals surface area contributed by atoms with E-state index in [2.05, 4.69) is 4.98 Å². The third kappa shape index (κ3) is 1.57. The van der Waals surface area contributed by atoms with Crippen LogP contribution < -0.4 is 10.5 Å². The number of amides is 2. The molecule has 0 unspecified atom stereocenters. The van der Waals surface area contributed by atoms with Gasteiger partial charge in [0.15, 0.2) is 0 Å². The highest BCUT2D eigenvalue weighted by atomic mass is 16.2. The molecule has 1 aromatic carbocycles. The molecule has 126 valence electrons. The molecule has 6 rings (SSSR count). The van der Waals surface area contributed by atoms with Crippen LogP contribution in [-0.4, -0.2) is 16.8 Å². The summed E-state index contributed by atoms with van der Waals surface area (Å²) in [6, 6.07) is 7.04. The van der Waals surface area contributed by atoms with Crippen LogP contribution >= 0.6 is 0 Å². The summed E-state index contributed by atoms with van der Waals surface area (Å²) in [5, 5.41) is 0.934. The van der Waals surface area contributed by atoms with E-state index in [4.69, 9.17) is 0 Å². The largest absolute Gasteiger partial charge is 0.322 e. The summed E-state index contributed by atoms with van der Waals surface area (Å²) < 4.78 is 0. The number of aromatic nitrogens is 1. The number of hydrogen-bond acceptors (Lipinski definition) is 3. The van der Waals surface area contributed by atoms with Crippen LogP contribution in [0, 0.1) is 42.4 Å². The third-order valence-corrected chi connectivity index (χ3v) is 7.15. The first-order chi connectivity index (χ1) is 12.0. The summed E-state index contributed by atoms with van der Waals surface area (Å²) in [5.41, 5.74) is 1.98. The highest BCUT2D eigenvalue weighted by Gasteiger charge is 2.71. The minimum atomic E-state index is -0.170. The maximum absolute atomic E-state index is 13.1. The van der Waals surface area contributed by atoms with Crippen LogP contribution in [0.25, 0.3) is 10.9 Å². The molecule has 5 heteroatoms. The smallest absolute Gasteiger partial charge is 0.248 e.